The number of benzene rings is 1. The van der Waals surface area contributed by atoms with Crippen LogP contribution in [0.25, 0.3) is 0 Å². The third kappa shape index (κ3) is 3.72. The molecule has 0 fully saturated rings. The lowest BCUT2D eigenvalue weighted by Gasteiger charge is -2.10. The van der Waals surface area contributed by atoms with Crippen molar-refractivity contribution < 1.29 is 8.42 Å². The maximum absolute atomic E-state index is 12.9. The molecular weight excluding hydrogens is 386 g/mol. The first kappa shape index (κ1) is 19.4. The summed E-state index contributed by atoms with van der Waals surface area (Å²) in [5, 5.41) is 9.25. The van der Waals surface area contributed by atoms with Gasteiger partial charge in [0.2, 0.25) is 0 Å². The van der Waals surface area contributed by atoms with Gasteiger partial charge in [0.15, 0.2) is 0 Å². The van der Waals surface area contributed by atoms with Crippen LogP contribution in [0.3, 0.4) is 0 Å². The molecule has 0 saturated heterocycles. The number of hydrogen-bond acceptors (Lipinski definition) is 4. The molecule has 144 valence electrons. The van der Waals surface area contributed by atoms with E-state index in [2.05, 4.69) is 14.9 Å². The number of nitrogens with zero attached hydrogens (tertiary/aromatic N) is 4. The van der Waals surface area contributed by atoms with Gasteiger partial charge in [0, 0.05) is 11.6 Å². The second-order valence-corrected chi connectivity index (χ2v) is 8.37. The number of anilines is 1. The zero-order chi connectivity index (χ0) is 19.8. The molecule has 0 spiro atoms. The number of hydrogen-bond donors (Lipinski definition) is 1. The molecule has 2 aromatic heterocycles. The van der Waals surface area contributed by atoms with Crippen LogP contribution in [0.1, 0.15) is 29.6 Å². The van der Waals surface area contributed by atoms with Crippen molar-refractivity contribution in [2.24, 2.45) is 0 Å². The Balaban J connectivity index is 1.93. The van der Waals surface area contributed by atoms with Crippen LogP contribution < -0.4 is 4.72 Å². The van der Waals surface area contributed by atoms with Crippen molar-refractivity contribution in [1.29, 1.82) is 0 Å². The SMILES string of the molecule is CCn1ncc(S(=O)(=O)Nc2c(C)nn(Cc3ccccc3Cl)c2C)c1C. The number of nitrogens with one attached hydrogen (secondary N) is 1. The van der Waals surface area contributed by atoms with Gasteiger partial charge in [-0.1, -0.05) is 29.8 Å². The lowest BCUT2D eigenvalue weighted by Crippen LogP contribution is -2.15. The Morgan fingerprint density at radius 3 is 2.44 bits per heavy atom. The van der Waals surface area contributed by atoms with Gasteiger partial charge < -0.3 is 0 Å². The van der Waals surface area contributed by atoms with Crippen molar-refractivity contribution in [2.45, 2.75) is 45.7 Å². The quantitative estimate of drug-likeness (QED) is 0.677. The van der Waals surface area contributed by atoms with E-state index in [4.69, 9.17) is 11.6 Å². The Morgan fingerprint density at radius 1 is 1.11 bits per heavy atom. The molecule has 0 aliphatic carbocycles. The van der Waals surface area contributed by atoms with Gasteiger partial charge in [0.1, 0.15) is 4.90 Å². The number of halogens is 1. The number of aryl methyl sites for hydroxylation is 2. The highest BCUT2D eigenvalue weighted by molar-refractivity contribution is 7.92. The van der Waals surface area contributed by atoms with Crippen molar-refractivity contribution in [3.63, 3.8) is 0 Å². The summed E-state index contributed by atoms with van der Waals surface area (Å²) >= 11 is 6.23. The topological polar surface area (TPSA) is 81.8 Å². The monoisotopic (exact) mass is 407 g/mol. The Kier molecular flexibility index (Phi) is 5.30. The first-order valence-corrected chi connectivity index (χ1v) is 10.4. The van der Waals surface area contributed by atoms with E-state index in [0.717, 1.165) is 11.3 Å². The van der Waals surface area contributed by atoms with Crippen molar-refractivity contribution in [2.75, 3.05) is 4.72 Å². The highest BCUT2D eigenvalue weighted by atomic mass is 35.5. The van der Waals surface area contributed by atoms with E-state index in [1.807, 2.05) is 38.1 Å². The predicted octanol–water partition coefficient (Wildman–Crippen LogP) is 3.53. The molecule has 27 heavy (non-hydrogen) atoms. The second-order valence-electron chi connectivity index (χ2n) is 6.31. The molecule has 3 rings (SSSR count). The molecule has 0 aliphatic heterocycles. The van der Waals surface area contributed by atoms with Crippen LogP contribution in [-0.4, -0.2) is 28.0 Å². The molecule has 9 heteroatoms. The van der Waals surface area contributed by atoms with Crippen molar-refractivity contribution in [3.05, 3.63) is 58.1 Å². The maximum Gasteiger partial charge on any atom is 0.265 e. The van der Waals surface area contributed by atoms with Gasteiger partial charge in [-0.05, 0) is 39.3 Å². The van der Waals surface area contributed by atoms with Gasteiger partial charge in [-0.3, -0.25) is 14.1 Å². The van der Waals surface area contributed by atoms with E-state index < -0.39 is 10.0 Å². The highest BCUT2D eigenvalue weighted by Crippen LogP contribution is 2.26. The Morgan fingerprint density at radius 2 is 1.81 bits per heavy atom. The molecule has 0 bridgehead atoms. The number of rotatable bonds is 6. The second kappa shape index (κ2) is 7.36. The number of sulfonamides is 1. The number of aromatic nitrogens is 4. The summed E-state index contributed by atoms with van der Waals surface area (Å²) in [7, 11) is -3.76. The standard InChI is InChI=1S/C18H22ClN5O2S/c1-5-23-13(3)17(10-20-23)27(25,26)22-18-12(2)21-24(14(18)4)11-15-8-6-7-9-16(15)19/h6-10,22H,5,11H2,1-4H3. The van der Waals surface area contributed by atoms with Crippen LogP contribution in [0.2, 0.25) is 5.02 Å². The summed E-state index contributed by atoms with van der Waals surface area (Å²) in [6.07, 6.45) is 1.37. The maximum atomic E-state index is 12.9. The first-order valence-electron chi connectivity index (χ1n) is 8.57. The average Bonchev–Trinajstić information content (AvgIpc) is 3.12. The molecule has 0 atom stereocenters. The minimum absolute atomic E-state index is 0.169. The first-order chi connectivity index (χ1) is 12.7. The molecule has 1 N–H and O–H groups in total. The summed E-state index contributed by atoms with van der Waals surface area (Å²) in [5.74, 6) is 0. The zero-order valence-electron chi connectivity index (χ0n) is 15.7. The fraction of sp³-hybridized carbons (Fsp3) is 0.333. The molecule has 1 aromatic carbocycles. The fourth-order valence-electron chi connectivity index (χ4n) is 2.99. The van der Waals surface area contributed by atoms with E-state index in [1.165, 1.54) is 6.20 Å². The summed E-state index contributed by atoms with van der Waals surface area (Å²) in [6.45, 7) is 8.33. The molecule has 0 saturated carbocycles. The van der Waals surface area contributed by atoms with Gasteiger partial charge in [0.05, 0.1) is 35.5 Å². The van der Waals surface area contributed by atoms with Crippen molar-refractivity contribution in [1.82, 2.24) is 19.6 Å². The van der Waals surface area contributed by atoms with Gasteiger partial charge in [-0.25, -0.2) is 8.42 Å². The molecule has 7 nitrogen and oxygen atoms in total. The molecule has 0 aliphatic rings. The zero-order valence-corrected chi connectivity index (χ0v) is 17.3. The molecule has 0 unspecified atom stereocenters. The van der Waals surface area contributed by atoms with Crippen molar-refractivity contribution >= 4 is 27.3 Å². The average molecular weight is 408 g/mol. The summed E-state index contributed by atoms with van der Waals surface area (Å²) in [5.41, 5.74) is 3.31. The minimum Gasteiger partial charge on any atom is -0.276 e. The van der Waals surface area contributed by atoms with Gasteiger partial charge in [-0.15, -0.1) is 0 Å². The van der Waals surface area contributed by atoms with E-state index >= 15 is 0 Å². The van der Waals surface area contributed by atoms with Gasteiger partial charge >= 0.3 is 0 Å². The van der Waals surface area contributed by atoms with E-state index in [1.54, 1.807) is 23.2 Å². The minimum atomic E-state index is -3.76. The van der Waals surface area contributed by atoms with Crippen LogP contribution in [0.5, 0.6) is 0 Å². The highest BCUT2D eigenvalue weighted by Gasteiger charge is 2.24. The van der Waals surface area contributed by atoms with Crippen LogP contribution in [0.4, 0.5) is 5.69 Å². The normalized spacial score (nSPS) is 11.7. The fourth-order valence-corrected chi connectivity index (χ4v) is 4.54. The van der Waals surface area contributed by atoms with Crippen molar-refractivity contribution in [3.8, 4) is 0 Å². The summed E-state index contributed by atoms with van der Waals surface area (Å²) in [6, 6.07) is 7.52. The molecule has 2 heterocycles. The predicted molar refractivity (Wildman–Crippen MR) is 106 cm³/mol. The molecule has 3 aromatic rings. The van der Waals surface area contributed by atoms with Gasteiger partial charge in [0.25, 0.3) is 10.0 Å². The van der Waals surface area contributed by atoms with Crippen LogP contribution in [-0.2, 0) is 23.1 Å². The van der Waals surface area contributed by atoms with E-state index in [-0.39, 0.29) is 4.90 Å². The molecule has 0 radical (unpaired) electrons. The third-order valence-corrected chi connectivity index (χ3v) is 6.36. The van der Waals surface area contributed by atoms with Crippen LogP contribution in [0.15, 0.2) is 35.4 Å². The smallest absolute Gasteiger partial charge is 0.265 e. The van der Waals surface area contributed by atoms with E-state index in [9.17, 15) is 8.42 Å². The lowest BCUT2D eigenvalue weighted by atomic mass is 10.2. The van der Waals surface area contributed by atoms with Gasteiger partial charge in [-0.2, -0.15) is 10.2 Å². The van der Waals surface area contributed by atoms with Crippen LogP contribution >= 0.6 is 11.6 Å². The Labute approximate surface area is 164 Å². The molecule has 0 amide bonds. The lowest BCUT2D eigenvalue weighted by molar-refractivity contribution is 0.598. The van der Waals surface area contributed by atoms with E-state index in [0.29, 0.717) is 35.2 Å². The molecular formula is C18H22ClN5O2S. The Bertz CT molecular complexity index is 1090. The van der Waals surface area contributed by atoms with Crippen LogP contribution in [0, 0.1) is 20.8 Å². The third-order valence-electron chi connectivity index (χ3n) is 4.54. The summed E-state index contributed by atoms with van der Waals surface area (Å²) < 4.78 is 31.8. The largest absolute Gasteiger partial charge is 0.276 e. The summed E-state index contributed by atoms with van der Waals surface area (Å²) in [4.78, 5) is 0.169. The Hall–Kier alpha value is -2.32.